The van der Waals surface area contributed by atoms with Gasteiger partial charge in [0.15, 0.2) is 6.61 Å². The highest BCUT2D eigenvalue weighted by Gasteiger charge is 2.19. The van der Waals surface area contributed by atoms with E-state index in [1.807, 2.05) is 45.9 Å². The molecule has 0 aliphatic rings. The van der Waals surface area contributed by atoms with Crippen LogP contribution in [0.15, 0.2) is 18.2 Å². The second-order valence-electron chi connectivity index (χ2n) is 6.03. The van der Waals surface area contributed by atoms with Gasteiger partial charge in [-0.2, -0.15) is 5.10 Å². The summed E-state index contributed by atoms with van der Waals surface area (Å²) in [6.45, 7) is 12.1. The van der Waals surface area contributed by atoms with E-state index in [0.717, 1.165) is 33.8 Å². The van der Waals surface area contributed by atoms with Crippen molar-refractivity contribution in [1.29, 1.82) is 0 Å². The molecule has 0 radical (unpaired) electrons. The smallest absolute Gasteiger partial charge is 0.284 e. The molecule has 0 unspecified atom stereocenters. The van der Waals surface area contributed by atoms with Gasteiger partial charge in [-0.15, -0.1) is 0 Å². The second-order valence-corrected chi connectivity index (χ2v) is 6.03. The molecule has 2 rings (SSSR count). The Morgan fingerprint density at radius 1 is 1.23 bits per heavy atom. The number of rotatable bonds is 4. The highest BCUT2D eigenvalue weighted by molar-refractivity contribution is 5.80. The number of hydrogen-bond donors (Lipinski definition) is 0. The van der Waals surface area contributed by atoms with E-state index in [0.29, 0.717) is 5.92 Å². The lowest BCUT2D eigenvalue weighted by Gasteiger charge is -2.11. The Morgan fingerprint density at radius 2 is 1.91 bits per heavy atom. The molecule has 0 spiro atoms. The summed E-state index contributed by atoms with van der Waals surface area (Å²) in [6.07, 6.45) is 0. The van der Waals surface area contributed by atoms with Crippen molar-refractivity contribution >= 4 is 5.91 Å². The van der Waals surface area contributed by atoms with Crippen LogP contribution in [0.4, 0.5) is 0 Å². The number of aromatic nitrogens is 2. The number of nitrogens with zero attached hydrogens (tertiary/aromatic N) is 2. The first-order valence-corrected chi connectivity index (χ1v) is 7.61. The molecule has 0 saturated carbocycles. The lowest BCUT2D eigenvalue weighted by Crippen LogP contribution is -2.22. The SMILES string of the molecule is Cc1cccc(OCC(=O)n2nc(C)c(C(C)C)c2C)c1C. The molecule has 4 nitrogen and oxygen atoms in total. The molecule has 22 heavy (non-hydrogen) atoms. The molecular formula is C18H24N2O2. The van der Waals surface area contributed by atoms with Crippen molar-refractivity contribution in [2.75, 3.05) is 6.61 Å². The third kappa shape index (κ3) is 3.06. The minimum absolute atomic E-state index is 0.0101. The van der Waals surface area contributed by atoms with Gasteiger partial charge in [-0.25, -0.2) is 4.68 Å². The van der Waals surface area contributed by atoms with Crippen molar-refractivity contribution in [3.05, 3.63) is 46.3 Å². The molecule has 0 saturated heterocycles. The average Bonchev–Trinajstić information content (AvgIpc) is 2.75. The van der Waals surface area contributed by atoms with Crippen LogP contribution in [0.2, 0.25) is 0 Å². The summed E-state index contributed by atoms with van der Waals surface area (Å²) >= 11 is 0. The van der Waals surface area contributed by atoms with Crippen molar-refractivity contribution in [3.63, 3.8) is 0 Å². The fourth-order valence-electron chi connectivity index (χ4n) is 2.81. The van der Waals surface area contributed by atoms with Crippen LogP contribution in [-0.4, -0.2) is 22.3 Å². The van der Waals surface area contributed by atoms with Crippen molar-refractivity contribution in [2.45, 2.75) is 47.5 Å². The van der Waals surface area contributed by atoms with Crippen LogP contribution < -0.4 is 4.74 Å². The molecule has 0 N–H and O–H groups in total. The van der Waals surface area contributed by atoms with Gasteiger partial charge in [-0.05, 0) is 56.4 Å². The number of ether oxygens (including phenoxy) is 1. The van der Waals surface area contributed by atoms with Gasteiger partial charge in [-0.1, -0.05) is 26.0 Å². The van der Waals surface area contributed by atoms with E-state index >= 15 is 0 Å². The van der Waals surface area contributed by atoms with E-state index in [2.05, 4.69) is 18.9 Å². The first-order valence-electron chi connectivity index (χ1n) is 7.61. The molecular weight excluding hydrogens is 276 g/mol. The van der Waals surface area contributed by atoms with Crippen molar-refractivity contribution < 1.29 is 9.53 Å². The maximum Gasteiger partial charge on any atom is 0.284 e. The molecule has 0 amide bonds. The summed E-state index contributed by atoms with van der Waals surface area (Å²) in [7, 11) is 0. The van der Waals surface area contributed by atoms with Gasteiger partial charge in [0.05, 0.1) is 5.69 Å². The van der Waals surface area contributed by atoms with Gasteiger partial charge in [0.2, 0.25) is 0 Å². The highest BCUT2D eigenvalue weighted by atomic mass is 16.5. The molecule has 1 heterocycles. The molecule has 1 aromatic heterocycles. The Bertz CT molecular complexity index is 699. The van der Waals surface area contributed by atoms with Crippen molar-refractivity contribution in [3.8, 4) is 5.75 Å². The molecule has 4 heteroatoms. The molecule has 2 aromatic rings. The van der Waals surface area contributed by atoms with E-state index in [1.165, 1.54) is 4.68 Å². The van der Waals surface area contributed by atoms with Gasteiger partial charge >= 0.3 is 0 Å². The highest BCUT2D eigenvalue weighted by Crippen LogP contribution is 2.23. The normalized spacial score (nSPS) is 11.0. The lowest BCUT2D eigenvalue weighted by molar-refractivity contribution is 0.0817. The summed E-state index contributed by atoms with van der Waals surface area (Å²) in [5.74, 6) is 0.953. The molecule has 0 bridgehead atoms. The molecule has 0 aliphatic carbocycles. The quantitative estimate of drug-likeness (QED) is 0.858. The Kier molecular flexibility index (Phi) is 4.69. The minimum atomic E-state index is -0.145. The van der Waals surface area contributed by atoms with Gasteiger partial charge in [0.25, 0.3) is 5.91 Å². The van der Waals surface area contributed by atoms with Gasteiger partial charge in [0, 0.05) is 5.69 Å². The van der Waals surface area contributed by atoms with Crippen LogP contribution in [0.3, 0.4) is 0 Å². The number of carbonyl (C=O) groups is 1. The number of carbonyl (C=O) groups excluding carboxylic acids is 1. The summed E-state index contributed by atoms with van der Waals surface area (Å²) in [5, 5.41) is 4.37. The van der Waals surface area contributed by atoms with E-state index < -0.39 is 0 Å². The lowest BCUT2D eigenvalue weighted by atomic mass is 10.0. The van der Waals surface area contributed by atoms with E-state index in [-0.39, 0.29) is 12.5 Å². The van der Waals surface area contributed by atoms with E-state index in [4.69, 9.17) is 4.74 Å². The van der Waals surface area contributed by atoms with Crippen molar-refractivity contribution in [2.24, 2.45) is 0 Å². The second kappa shape index (κ2) is 6.34. The van der Waals surface area contributed by atoms with Crippen LogP contribution in [0, 0.1) is 27.7 Å². The maximum atomic E-state index is 12.4. The van der Waals surface area contributed by atoms with Crippen LogP contribution in [0.25, 0.3) is 0 Å². The first-order chi connectivity index (χ1) is 10.3. The Morgan fingerprint density at radius 3 is 2.50 bits per heavy atom. The summed E-state index contributed by atoms with van der Waals surface area (Å²) in [6, 6.07) is 5.85. The standard InChI is InChI=1S/C18H24N2O2/c1-11(2)18-14(5)19-20(15(18)6)17(21)10-22-16-9-7-8-12(3)13(16)4/h7-9,11H,10H2,1-6H3. The average molecular weight is 300 g/mol. The summed E-state index contributed by atoms with van der Waals surface area (Å²) < 4.78 is 7.16. The molecule has 0 atom stereocenters. The van der Waals surface area contributed by atoms with Gasteiger partial charge in [0.1, 0.15) is 5.75 Å². The van der Waals surface area contributed by atoms with E-state index in [1.54, 1.807) is 0 Å². The number of benzene rings is 1. The Labute approximate surface area is 132 Å². The molecule has 0 fully saturated rings. The summed E-state index contributed by atoms with van der Waals surface area (Å²) in [5.41, 5.74) is 5.17. The topological polar surface area (TPSA) is 44.1 Å². The Balaban J connectivity index is 2.17. The van der Waals surface area contributed by atoms with Gasteiger partial charge in [-0.3, -0.25) is 4.79 Å². The predicted octanol–water partition coefficient (Wildman–Crippen LogP) is 3.96. The fraction of sp³-hybridized carbons (Fsp3) is 0.444. The zero-order valence-electron chi connectivity index (χ0n) is 14.2. The monoisotopic (exact) mass is 300 g/mol. The molecule has 118 valence electrons. The zero-order chi connectivity index (χ0) is 16.4. The van der Waals surface area contributed by atoms with Crippen LogP contribution in [0.5, 0.6) is 5.75 Å². The van der Waals surface area contributed by atoms with Gasteiger partial charge < -0.3 is 4.74 Å². The van der Waals surface area contributed by atoms with Crippen LogP contribution >= 0.6 is 0 Å². The molecule has 0 aliphatic heterocycles. The largest absolute Gasteiger partial charge is 0.483 e. The fourth-order valence-corrected chi connectivity index (χ4v) is 2.81. The summed E-state index contributed by atoms with van der Waals surface area (Å²) in [4.78, 5) is 12.4. The first kappa shape index (κ1) is 16.3. The zero-order valence-corrected chi connectivity index (χ0v) is 14.2. The van der Waals surface area contributed by atoms with E-state index in [9.17, 15) is 4.79 Å². The van der Waals surface area contributed by atoms with Crippen LogP contribution in [0.1, 0.15) is 52.6 Å². The Hall–Kier alpha value is -2.10. The maximum absolute atomic E-state index is 12.4. The number of hydrogen-bond acceptors (Lipinski definition) is 3. The third-order valence-corrected chi connectivity index (χ3v) is 4.07. The molecule has 1 aromatic carbocycles. The third-order valence-electron chi connectivity index (χ3n) is 4.07. The predicted molar refractivity (Wildman–Crippen MR) is 87.8 cm³/mol. The number of aryl methyl sites for hydroxylation is 2. The van der Waals surface area contributed by atoms with Crippen LogP contribution in [-0.2, 0) is 0 Å². The van der Waals surface area contributed by atoms with Crippen molar-refractivity contribution in [1.82, 2.24) is 9.78 Å². The minimum Gasteiger partial charge on any atom is -0.483 e.